The highest BCUT2D eigenvalue weighted by atomic mass is 32.2. The first kappa shape index (κ1) is 19.4. The summed E-state index contributed by atoms with van der Waals surface area (Å²) in [4.78, 5) is 11.1. The van der Waals surface area contributed by atoms with Crippen LogP contribution in [0.2, 0.25) is 0 Å². The van der Waals surface area contributed by atoms with Crippen molar-refractivity contribution >= 4 is 21.7 Å². The zero-order chi connectivity index (χ0) is 17.6. The molecule has 7 heteroatoms. The molecule has 1 rings (SSSR count). The van der Waals surface area contributed by atoms with Crippen molar-refractivity contribution in [2.75, 3.05) is 5.32 Å². The van der Waals surface area contributed by atoms with E-state index in [0.717, 1.165) is 12.8 Å². The number of aromatic carboxylic acids is 1. The van der Waals surface area contributed by atoms with Gasteiger partial charge in [0.15, 0.2) is 0 Å². The molecule has 0 aliphatic heterocycles. The molecule has 6 nitrogen and oxygen atoms in total. The quantitative estimate of drug-likeness (QED) is 0.641. The molecule has 0 heterocycles. The molecule has 0 bridgehead atoms. The maximum absolute atomic E-state index is 12.6. The molecule has 2 atom stereocenters. The summed E-state index contributed by atoms with van der Waals surface area (Å²) < 4.78 is 27.9. The summed E-state index contributed by atoms with van der Waals surface area (Å²) in [5.74, 6) is -1.15. The fourth-order valence-electron chi connectivity index (χ4n) is 2.18. The molecule has 0 unspecified atom stereocenters. The second-order valence-electron chi connectivity index (χ2n) is 5.78. The van der Waals surface area contributed by atoms with Crippen molar-refractivity contribution in [1.82, 2.24) is 4.72 Å². The van der Waals surface area contributed by atoms with Crippen molar-refractivity contribution in [2.24, 2.45) is 0 Å². The minimum absolute atomic E-state index is 0.0272. The summed E-state index contributed by atoms with van der Waals surface area (Å²) in [5, 5.41) is 12.2. The number of carbonyl (C=O) groups is 1. The Morgan fingerprint density at radius 1 is 1.22 bits per heavy atom. The van der Waals surface area contributed by atoms with E-state index in [0.29, 0.717) is 12.1 Å². The molecule has 0 amide bonds. The summed E-state index contributed by atoms with van der Waals surface area (Å²) >= 11 is 0. The topological polar surface area (TPSA) is 95.5 Å². The van der Waals surface area contributed by atoms with Crippen LogP contribution >= 0.6 is 0 Å². The first-order valence-corrected chi connectivity index (χ1v) is 9.35. The van der Waals surface area contributed by atoms with Crippen LogP contribution in [0.1, 0.15) is 57.3 Å². The Hall–Kier alpha value is -1.60. The van der Waals surface area contributed by atoms with Crippen LogP contribution in [0.4, 0.5) is 5.69 Å². The molecule has 1 aromatic rings. The SMILES string of the molecule is CCC[C@@H](C)NS(=O)(=O)c1cc(C(=O)O)ccc1N[C@@H](C)CC. The van der Waals surface area contributed by atoms with E-state index < -0.39 is 16.0 Å². The van der Waals surface area contributed by atoms with Crippen LogP contribution in [0, 0.1) is 0 Å². The number of carboxylic acid groups (broad SMARTS) is 1. The standard InChI is InChI=1S/C16H26N2O4S/c1-5-7-12(4)18-23(21,22)15-10-13(16(19)20)8-9-14(15)17-11(3)6-2/h8-12,17-18H,5-7H2,1-4H3,(H,19,20)/t11-,12+/m0/s1. The van der Waals surface area contributed by atoms with E-state index in [4.69, 9.17) is 5.11 Å². The van der Waals surface area contributed by atoms with Gasteiger partial charge in [0.05, 0.1) is 11.3 Å². The fourth-order valence-corrected chi connectivity index (χ4v) is 3.66. The van der Waals surface area contributed by atoms with Crippen LogP contribution < -0.4 is 10.0 Å². The van der Waals surface area contributed by atoms with Gasteiger partial charge in [-0.1, -0.05) is 20.3 Å². The second-order valence-corrected chi connectivity index (χ2v) is 7.46. The average molecular weight is 342 g/mol. The van der Waals surface area contributed by atoms with Crippen molar-refractivity contribution < 1.29 is 18.3 Å². The van der Waals surface area contributed by atoms with Gasteiger partial charge in [-0.05, 0) is 44.9 Å². The fraction of sp³-hybridized carbons (Fsp3) is 0.562. The predicted molar refractivity (Wildman–Crippen MR) is 91.5 cm³/mol. The number of rotatable bonds is 9. The number of carboxylic acids is 1. The molecule has 0 radical (unpaired) electrons. The largest absolute Gasteiger partial charge is 0.478 e. The van der Waals surface area contributed by atoms with E-state index in [1.54, 1.807) is 6.92 Å². The van der Waals surface area contributed by atoms with Crippen LogP contribution in [0.25, 0.3) is 0 Å². The van der Waals surface area contributed by atoms with E-state index in [1.165, 1.54) is 18.2 Å². The molecule has 3 N–H and O–H groups in total. The monoisotopic (exact) mass is 342 g/mol. The Labute approximate surface area is 138 Å². The normalized spacial score (nSPS) is 14.3. The molecule has 0 aromatic heterocycles. The summed E-state index contributed by atoms with van der Waals surface area (Å²) in [6, 6.07) is 3.98. The molecule has 0 saturated heterocycles. The lowest BCUT2D eigenvalue weighted by Crippen LogP contribution is -2.33. The van der Waals surface area contributed by atoms with Crippen LogP contribution in [0.5, 0.6) is 0 Å². The van der Waals surface area contributed by atoms with Gasteiger partial charge in [-0.3, -0.25) is 0 Å². The van der Waals surface area contributed by atoms with E-state index in [9.17, 15) is 13.2 Å². The summed E-state index contributed by atoms with van der Waals surface area (Å²) in [6.07, 6.45) is 2.39. The van der Waals surface area contributed by atoms with E-state index in [2.05, 4.69) is 10.0 Å². The molecule has 0 saturated carbocycles. The Kier molecular flexibility index (Phi) is 7.02. The minimum atomic E-state index is -3.80. The molecular weight excluding hydrogens is 316 g/mol. The zero-order valence-corrected chi connectivity index (χ0v) is 14.9. The molecule has 0 aliphatic carbocycles. The Morgan fingerprint density at radius 2 is 1.87 bits per heavy atom. The van der Waals surface area contributed by atoms with E-state index in [-0.39, 0.29) is 22.5 Å². The van der Waals surface area contributed by atoms with Crippen LogP contribution in [0.15, 0.2) is 23.1 Å². The van der Waals surface area contributed by atoms with Gasteiger partial charge in [0.2, 0.25) is 10.0 Å². The van der Waals surface area contributed by atoms with Gasteiger partial charge in [-0.25, -0.2) is 17.9 Å². The van der Waals surface area contributed by atoms with Crippen molar-refractivity contribution in [3.8, 4) is 0 Å². The van der Waals surface area contributed by atoms with Crippen LogP contribution in [-0.4, -0.2) is 31.6 Å². The average Bonchev–Trinajstić information content (AvgIpc) is 2.46. The van der Waals surface area contributed by atoms with Gasteiger partial charge < -0.3 is 10.4 Å². The van der Waals surface area contributed by atoms with Crippen molar-refractivity contribution in [1.29, 1.82) is 0 Å². The molecular formula is C16H26N2O4S. The van der Waals surface area contributed by atoms with Crippen LogP contribution in [0.3, 0.4) is 0 Å². The van der Waals surface area contributed by atoms with Gasteiger partial charge in [0.1, 0.15) is 4.90 Å². The van der Waals surface area contributed by atoms with Crippen LogP contribution in [-0.2, 0) is 10.0 Å². The Balaban J connectivity index is 3.27. The molecule has 0 fully saturated rings. The summed E-state index contributed by atoms with van der Waals surface area (Å²) in [5.41, 5.74) is 0.365. The van der Waals surface area contributed by atoms with Gasteiger partial charge >= 0.3 is 5.97 Å². The maximum atomic E-state index is 12.6. The zero-order valence-electron chi connectivity index (χ0n) is 14.1. The lowest BCUT2D eigenvalue weighted by molar-refractivity contribution is 0.0696. The highest BCUT2D eigenvalue weighted by molar-refractivity contribution is 7.89. The van der Waals surface area contributed by atoms with E-state index in [1.807, 2.05) is 20.8 Å². The Bertz CT molecular complexity index is 643. The molecule has 1 aromatic carbocycles. The highest BCUT2D eigenvalue weighted by Gasteiger charge is 2.23. The molecule has 130 valence electrons. The number of sulfonamides is 1. The number of hydrogen-bond donors (Lipinski definition) is 3. The number of nitrogens with one attached hydrogen (secondary N) is 2. The van der Waals surface area contributed by atoms with Crippen molar-refractivity contribution in [3.63, 3.8) is 0 Å². The maximum Gasteiger partial charge on any atom is 0.335 e. The predicted octanol–water partition coefficient (Wildman–Crippen LogP) is 3.06. The third-order valence-corrected chi connectivity index (χ3v) is 5.24. The lowest BCUT2D eigenvalue weighted by Gasteiger charge is -2.19. The van der Waals surface area contributed by atoms with Gasteiger partial charge in [-0.2, -0.15) is 0 Å². The van der Waals surface area contributed by atoms with Crippen molar-refractivity contribution in [2.45, 2.75) is 63.9 Å². The van der Waals surface area contributed by atoms with Gasteiger partial charge in [0, 0.05) is 12.1 Å². The summed E-state index contributed by atoms with van der Waals surface area (Å²) in [6.45, 7) is 7.70. The number of hydrogen-bond acceptors (Lipinski definition) is 4. The second kappa shape index (κ2) is 8.31. The number of benzene rings is 1. The minimum Gasteiger partial charge on any atom is -0.478 e. The van der Waals surface area contributed by atoms with Gasteiger partial charge in [0.25, 0.3) is 0 Å². The molecule has 0 aliphatic rings. The first-order valence-electron chi connectivity index (χ1n) is 7.87. The third kappa shape index (κ3) is 5.51. The lowest BCUT2D eigenvalue weighted by atomic mass is 10.2. The Morgan fingerprint density at radius 3 is 2.39 bits per heavy atom. The van der Waals surface area contributed by atoms with Gasteiger partial charge in [-0.15, -0.1) is 0 Å². The van der Waals surface area contributed by atoms with Crippen molar-refractivity contribution in [3.05, 3.63) is 23.8 Å². The molecule has 23 heavy (non-hydrogen) atoms. The third-order valence-electron chi connectivity index (χ3n) is 3.61. The summed E-state index contributed by atoms with van der Waals surface area (Å²) in [7, 11) is -3.80. The molecule has 0 spiro atoms. The number of anilines is 1. The smallest absolute Gasteiger partial charge is 0.335 e. The van der Waals surface area contributed by atoms with E-state index >= 15 is 0 Å². The first-order chi connectivity index (χ1) is 10.7. The highest BCUT2D eigenvalue weighted by Crippen LogP contribution is 2.24.